The van der Waals surface area contributed by atoms with Crippen LogP contribution in [0.1, 0.15) is 19.8 Å². The summed E-state index contributed by atoms with van der Waals surface area (Å²) in [5.41, 5.74) is 0. The molecular formula is C6H19O6PSi. The molecule has 0 aliphatic heterocycles. The van der Waals surface area contributed by atoms with E-state index < -0.39 is 9.05 Å². The zero-order valence-electron chi connectivity index (χ0n) is 8.82. The molecule has 0 rings (SSSR count). The highest BCUT2D eigenvalue weighted by Crippen LogP contribution is 2.06. The topological polar surface area (TPSA) is 66.4 Å². The molecule has 1 atom stereocenters. The molecule has 0 bridgehead atoms. The molecule has 0 aliphatic rings. The second kappa shape index (κ2) is 9.94. The number of hydrogen-bond acceptors (Lipinski definition) is 6. The molecule has 14 heavy (non-hydrogen) atoms. The van der Waals surface area contributed by atoms with E-state index in [-0.39, 0.29) is 9.90 Å². The maximum Gasteiger partial charge on any atom is 0.733 e. The highest BCUT2D eigenvalue weighted by molar-refractivity contribution is 6.92. The van der Waals surface area contributed by atoms with Crippen molar-refractivity contribution in [2.45, 2.75) is 19.8 Å². The molecule has 0 saturated carbocycles. The molecule has 0 spiro atoms. The summed E-state index contributed by atoms with van der Waals surface area (Å²) in [5.74, 6) is 0. The molecule has 0 radical (unpaired) electrons. The number of hydrogen-bond donors (Lipinski definition) is 1. The van der Waals surface area contributed by atoms with Crippen molar-refractivity contribution >= 4 is 18.9 Å². The lowest BCUT2D eigenvalue weighted by Gasteiger charge is -2.18. The summed E-state index contributed by atoms with van der Waals surface area (Å²) in [5, 5.41) is 0. The second-order valence-corrected chi connectivity index (χ2v) is 3.90. The quantitative estimate of drug-likeness (QED) is 0.220. The van der Waals surface area contributed by atoms with Crippen molar-refractivity contribution in [1.82, 2.24) is 0 Å². The zero-order chi connectivity index (χ0) is 10.2. The van der Waals surface area contributed by atoms with Gasteiger partial charge >= 0.3 is 9.05 Å². The van der Waals surface area contributed by atoms with Gasteiger partial charge in [-0.3, -0.25) is 0 Å². The maximum atomic E-state index is 9.46. The lowest BCUT2D eigenvalue weighted by molar-refractivity contribution is -0.317. The molecule has 0 fully saturated rings. The Morgan fingerprint density at radius 3 is 2.00 bits per heavy atom. The lowest BCUT2D eigenvalue weighted by Crippen LogP contribution is -2.46. The average Bonchev–Trinajstić information content (AvgIpc) is 2.05. The van der Waals surface area contributed by atoms with Crippen LogP contribution in [0, 0.1) is 0 Å². The summed E-state index contributed by atoms with van der Waals surface area (Å²) >= 11 is 0. The van der Waals surface area contributed by atoms with E-state index in [1.54, 1.807) is 0 Å². The van der Waals surface area contributed by atoms with Crippen LogP contribution in [-0.2, 0) is 23.4 Å². The lowest BCUT2D eigenvalue weighted by atomic mass is 10.4. The highest BCUT2D eigenvalue weighted by atomic mass is 31.0. The Hall–Kier alpha value is 0.407. The smallest absolute Gasteiger partial charge is 0.365 e. The van der Waals surface area contributed by atoms with Crippen LogP contribution in [0.4, 0.5) is 0 Å². The molecule has 0 aromatic heterocycles. The molecule has 0 amide bonds. The van der Waals surface area contributed by atoms with Crippen LogP contribution < -0.4 is 0 Å². The first-order valence-corrected chi connectivity index (χ1v) is 5.65. The molecule has 0 aromatic carbocycles. The standard InChI is InChI=1S/C6H16O6Si.H3P/c1-4-5-6-10-13(7,11-8-2)12-9-3;/h7H,4-6H2,1-3H3;1H3. The van der Waals surface area contributed by atoms with Crippen molar-refractivity contribution in [2.24, 2.45) is 0 Å². The van der Waals surface area contributed by atoms with Gasteiger partial charge in [-0.05, 0) is 6.42 Å². The van der Waals surface area contributed by atoms with Gasteiger partial charge in [-0.15, -0.1) is 0 Å². The van der Waals surface area contributed by atoms with Crippen LogP contribution in [0.15, 0.2) is 0 Å². The van der Waals surface area contributed by atoms with Gasteiger partial charge in [-0.1, -0.05) is 13.3 Å². The minimum Gasteiger partial charge on any atom is -0.365 e. The van der Waals surface area contributed by atoms with E-state index in [0.29, 0.717) is 6.61 Å². The fraction of sp³-hybridized carbons (Fsp3) is 1.00. The van der Waals surface area contributed by atoms with Crippen LogP contribution in [0.3, 0.4) is 0 Å². The molecule has 1 unspecified atom stereocenters. The molecule has 88 valence electrons. The van der Waals surface area contributed by atoms with Crippen molar-refractivity contribution in [3.63, 3.8) is 0 Å². The maximum absolute atomic E-state index is 9.46. The summed E-state index contributed by atoms with van der Waals surface area (Å²) < 4.78 is 13.8. The van der Waals surface area contributed by atoms with Gasteiger partial charge in [-0.2, -0.15) is 19.1 Å². The first-order chi connectivity index (χ1) is 6.18. The molecule has 0 saturated heterocycles. The Morgan fingerprint density at radius 1 is 1.14 bits per heavy atom. The minimum atomic E-state index is -3.73. The van der Waals surface area contributed by atoms with Crippen molar-refractivity contribution in [2.75, 3.05) is 20.8 Å². The Morgan fingerprint density at radius 2 is 1.64 bits per heavy atom. The Kier molecular flexibility index (Phi) is 11.9. The van der Waals surface area contributed by atoms with Gasteiger partial charge in [0.2, 0.25) is 0 Å². The van der Waals surface area contributed by atoms with Gasteiger partial charge in [0, 0.05) is 6.61 Å². The minimum absolute atomic E-state index is 0. The largest absolute Gasteiger partial charge is 0.733 e. The first kappa shape index (κ1) is 16.8. The number of unbranched alkanes of at least 4 members (excludes halogenated alkanes) is 1. The summed E-state index contributed by atoms with van der Waals surface area (Å²) in [7, 11) is -1.23. The Bertz CT molecular complexity index is 121. The van der Waals surface area contributed by atoms with Gasteiger partial charge in [0.25, 0.3) is 0 Å². The Balaban J connectivity index is 0. The third-order valence-corrected chi connectivity index (χ3v) is 2.48. The van der Waals surface area contributed by atoms with Crippen molar-refractivity contribution in [1.29, 1.82) is 0 Å². The van der Waals surface area contributed by atoms with E-state index in [9.17, 15) is 4.80 Å². The van der Waals surface area contributed by atoms with Gasteiger partial charge in [0.15, 0.2) is 0 Å². The van der Waals surface area contributed by atoms with Gasteiger partial charge < -0.3 is 9.22 Å². The van der Waals surface area contributed by atoms with Crippen LogP contribution in [0.5, 0.6) is 0 Å². The normalized spacial score (nSPS) is 11.1. The fourth-order valence-corrected chi connectivity index (χ4v) is 1.57. The summed E-state index contributed by atoms with van der Waals surface area (Å²) in [4.78, 5) is 18.0. The summed E-state index contributed by atoms with van der Waals surface area (Å²) in [6.45, 7) is 2.34. The molecule has 8 heteroatoms. The van der Waals surface area contributed by atoms with Crippen LogP contribution in [0.2, 0.25) is 0 Å². The van der Waals surface area contributed by atoms with E-state index >= 15 is 0 Å². The molecule has 1 N–H and O–H groups in total. The highest BCUT2D eigenvalue weighted by Gasteiger charge is 2.45. The van der Waals surface area contributed by atoms with Crippen molar-refractivity contribution in [3.05, 3.63) is 0 Å². The van der Waals surface area contributed by atoms with E-state index in [1.165, 1.54) is 14.2 Å². The molecule has 6 nitrogen and oxygen atoms in total. The third kappa shape index (κ3) is 7.78. The predicted octanol–water partition coefficient (Wildman–Crippen LogP) is 0.445. The van der Waals surface area contributed by atoms with E-state index in [4.69, 9.17) is 4.43 Å². The average molecular weight is 246 g/mol. The van der Waals surface area contributed by atoms with Crippen molar-refractivity contribution < 1.29 is 28.2 Å². The Labute approximate surface area is 88.4 Å². The monoisotopic (exact) mass is 246 g/mol. The fourth-order valence-electron chi connectivity index (χ4n) is 0.618. The second-order valence-electron chi connectivity index (χ2n) is 2.23. The molecule has 0 aromatic rings. The van der Waals surface area contributed by atoms with Crippen LogP contribution in [0.25, 0.3) is 0 Å². The zero-order valence-corrected chi connectivity index (χ0v) is 11.2. The number of rotatable bonds is 8. The van der Waals surface area contributed by atoms with E-state index in [0.717, 1.165) is 12.8 Å². The summed E-state index contributed by atoms with van der Waals surface area (Å²) in [6, 6.07) is 0. The van der Waals surface area contributed by atoms with Gasteiger partial charge in [-0.25, -0.2) is 9.78 Å². The van der Waals surface area contributed by atoms with Crippen molar-refractivity contribution in [3.8, 4) is 0 Å². The van der Waals surface area contributed by atoms with Crippen LogP contribution in [-0.4, -0.2) is 34.7 Å². The molecule has 0 aliphatic carbocycles. The SMILES string of the molecule is CCCCO[Si](O)(OOC)OOC.P. The third-order valence-electron chi connectivity index (χ3n) is 1.16. The van der Waals surface area contributed by atoms with Crippen LogP contribution >= 0.6 is 9.90 Å². The summed E-state index contributed by atoms with van der Waals surface area (Å²) in [6.07, 6.45) is 1.75. The van der Waals surface area contributed by atoms with E-state index in [1.807, 2.05) is 6.92 Å². The van der Waals surface area contributed by atoms with E-state index in [2.05, 4.69) is 18.9 Å². The molecule has 0 heterocycles. The molecular weight excluding hydrogens is 227 g/mol. The predicted molar refractivity (Wildman–Crippen MR) is 56.1 cm³/mol. The van der Waals surface area contributed by atoms with Gasteiger partial charge in [0.1, 0.15) is 0 Å². The van der Waals surface area contributed by atoms with Gasteiger partial charge in [0.05, 0.1) is 14.2 Å². The first-order valence-electron chi connectivity index (χ1n) is 3.98.